The molecule has 5 heteroatoms. The third kappa shape index (κ3) is 4.25. The van der Waals surface area contributed by atoms with Crippen molar-refractivity contribution in [3.63, 3.8) is 0 Å². The van der Waals surface area contributed by atoms with Crippen molar-refractivity contribution in [1.82, 2.24) is 0 Å². The predicted octanol–water partition coefficient (Wildman–Crippen LogP) is 1.51. The highest BCUT2D eigenvalue weighted by Gasteiger charge is 2.10. The smallest absolute Gasteiger partial charge is 0.306 e. The molecule has 0 spiro atoms. The van der Waals surface area contributed by atoms with Gasteiger partial charge in [0.25, 0.3) is 0 Å². The van der Waals surface area contributed by atoms with Crippen molar-refractivity contribution in [3.8, 4) is 5.75 Å². The molecule has 0 saturated heterocycles. The number of rotatable bonds is 7. The first kappa shape index (κ1) is 14.3. The van der Waals surface area contributed by atoms with Crippen LogP contribution in [0.5, 0.6) is 5.75 Å². The van der Waals surface area contributed by atoms with Gasteiger partial charge >= 0.3 is 5.97 Å². The Morgan fingerprint density at radius 2 is 2.22 bits per heavy atom. The lowest BCUT2D eigenvalue weighted by atomic mass is 10.1. The fourth-order valence-electron chi connectivity index (χ4n) is 1.61. The molecule has 1 unspecified atom stereocenters. The summed E-state index contributed by atoms with van der Waals surface area (Å²) in [6.45, 7) is 2.22. The van der Waals surface area contributed by atoms with Gasteiger partial charge in [-0.25, -0.2) is 0 Å². The van der Waals surface area contributed by atoms with Crippen molar-refractivity contribution >= 4 is 11.7 Å². The number of aliphatic hydroxyl groups is 1. The maximum absolute atomic E-state index is 10.4. The van der Waals surface area contributed by atoms with Crippen LogP contribution in [-0.4, -0.2) is 35.9 Å². The summed E-state index contributed by atoms with van der Waals surface area (Å²) in [6, 6.07) is 5.76. The number of aliphatic carboxylic acids is 1. The second-order valence-electron chi connectivity index (χ2n) is 4.02. The molecule has 18 heavy (non-hydrogen) atoms. The molecule has 5 nitrogen and oxygen atoms in total. The minimum atomic E-state index is -1.02. The Morgan fingerprint density at radius 1 is 1.50 bits per heavy atom. The average molecular weight is 253 g/mol. The second kappa shape index (κ2) is 6.86. The van der Waals surface area contributed by atoms with Crippen LogP contribution < -0.4 is 10.1 Å². The van der Waals surface area contributed by atoms with E-state index in [0.717, 1.165) is 17.7 Å². The van der Waals surface area contributed by atoms with Gasteiger partial charge in [-0.3, -0.25) is 4.79 Å². The number of ether oxygens (including phenoxy) is 1. The van der Waals surface area contributed by atoms with Gasteiger partial charge in [0, 0.05) is 6.54 Å². The number of carboxylic acid groups (broad SMARTS) is 1. The van der Waals surface area contributed by atoms with Crippen LogP contribution >= 0.6 is 0 Å². The fraction of sp³-hybridized carbons (Fsp3) is 0.462. The van der Waals surface area contributed by atoms with Gasteiger partial charge in [0.15, 0.2) is 0 Å². The first-order valence-electron chi connectivity index (χ1n) is 5.87. The zero-order valence-corrected chi connectivity index (χ0v) is 10.6. The quantitative estimate of drug-likeness (QED) is 0.686. The van der Waals surface area contributed by atoms with Gasteiger partial charge in [0.1, 0.15) is 5.75 Å². The Labute approximate surface area is 106 Å². The van der Waals surface area contributed by atoms with E-state index < -0.39 is 12.1 Å². The lowest BCUT2D eigenvalue weighted by molar-refractivity contribution is -0.138. The molecule has 100 valence electrons. The minimum Gasteiger partial charge on any atom is -0.495 e. The molecule has 0 bridgehead atoms. The third-order valence-corrected chi connectivity index (χ3v) is 2.61. The van der Waals surface area contributed by atoms with Crippen molar-refractivity contribution < 1.29 is 19.7 Å². The summed E-state index contributed by atoms with van der Waals surface area (Å²) in [5.41, 5.74) is 1.91. The first-order chi connectivity index (χ1) is 8.56. The van der Waals surface area contributed by atoms with Gasteiger partial charge in [0.05, 0.1) is 25.3 Å². The monoisotopic (exact) mass is 253 g/mol. The summed E-state index contributed by atoms with van der Waals surface area (Å²) in [7, 11) is 1.57. The van der Waals surface area contributed by atoms with Crippen LogP contribution in [0.1, 0.15) is 18.9 Å². The normalized spacial score (nSPS) is 11.9. The summed E-state index contributed by atoms with van der Waals surface area (Å²) in [5, 5.41) is 21.0. The molecule has 0 amide bonds. The lowest BCUT2D eigenvalue weighted by Gasteiger charge is -2.14. The predicted molar refractivity (Wildman–Crippen MR) is 69.1 cm³/mol. The minimum absolute atomic E-state index is 0.176. The molecule has 0 heterocycles. The Kier molecular flexibility index (Phi) is 5.45. The van der Waals surface area contributed by atoms with Crippen LogP contribution in [0.4, 0.5) is 5.69 Å². The van der Waals surface area contributed by atoms with Gasteiger partial charge < -0.3 is 20.3 Å². The number of methoxy groups -OCH3 is 1. The molecular weight excluding hydrogens is 234 g/mol. The summed E-state index contributed by atoms with van der Waals surface area (Å²) in [6.07, 6.45) is -0.295. The number of hydrogen-bond acceptors (Lipinski definition) is 4. The number of carboxylic acids is 1. The Bertz CT molecular complexity index is 406. The van der Waals surface area contributed by atoms with E-state index in [4.69, 9.17) is 9.84 Å². The van der Waals surface area contributed by atoms with Gasteiger partial charge in [-0.05, 0) is 24.1 Å². The highest BCUT2D eigenvalue weighted by molar-refractivity contribution is 5.67. The lowest BCUT2D eigenvalue weighted by Crippen LogP contribution is -2.22. The molecule has 1 aromatic carbocycles. The highest BCUT2D eigenvalue weighted by atomic mass is 16.5. The number of anilines is 1. The van der Waals surface area contributed by atoms with Crippen molar-refractivity contribution in [2.75, 3.05) is 19.0 Å². The molecule has 3 N–H and O–H groups in total. The van der Waals surface area contributed by atoms with Crippen LogP contribution in [0.25, 0.3) is 0 Å². The fourth-order valence-corrected chi connectivity index (χ4v) is 1.61. The van der Waals surface area contributed by atoms with E-state index >= 15 is 0 Å². The maximum atomic E-state index is 10.4. The van der Waals surface area contributed by atoms with E-state index in [1.165, 1.54) is 0 Å². The molecule has 0 radical (unpaired) electrons. The first-order valence-corrected chi connectivity index (χ1v) is 5.87. The Morgan fingerprint density at radius 3 is 2.78 bits per heavy atom. The zero-order valence-electron chi connectivity index (χ0n) is 10.6. The van der Waals surface area contributed by atoms with Gasteiger partial charge in [-0.15, -0.1) is 0 Å². The molecule has 1 atom stereocenters. The molecule has 0 fully saturated rings. The van der Waals surface area contributed by atoms with E-state index in [0.29, 0.717) is 5.75 Å². The van der Waals surface area contributed by atoms with Crippen molar-refractivity contribution in [3.05, 3.63) is 23.8 Å². The summed E-state index contributed by atoms with van der Waals surface area (Å²) in [4.78, 5) is 10.4. The SMILES string of the molecule is CCc1ccc(OC)c(NCC(O)CC(=O)O)c1. The molecule has 0 aliphatic rings. The summed E-state index contributed by atoms with van der Waals surface area (Å²) < 4.78 is 5.20. The summed E-state index contributed by atoms with van der Waals surface area (Å²) >= 11 is 0. The van der Waals surface area contributed by atoms with Crippen LogP contribution in [-0.2, 0) is 11.2 Å². The number of aliphatic hydroxyl groups excluding tert-OH is 1. The van der Waals surface area contributed by atoms with E-state index in [-0.39, 0.29) is 13.0 Å². The average Bonchev–Trinajstić information content (AvgIpc) is 2.35. The standard InChI is InChI=1S/C13H19NO4/c1-3-9-4-5-12(18-2)11(6-9)14-8-10(15)7-13(16)17/h4-6,10,14-15H,3,7-8H2,1-2H3,(H,16,17). The Balaban J connectivity index is 2.67. The largest absolute Gasteiger partial charge is 0.495 e. The van der Waals surface area contributed by atoms with Crippen LogP contribution in [0, 0.1) is 0 Å². The van der Waals surface area contributed by atoms with Gasteiger partial charge in [-0.1, -0.05) is 13.0 Å². The molecule has 0 aromatic heterocycles. The maximum Gasteiger partial charge on any atom is 0.306 e. The van der Waals surface area contributed by atoms with Crippen LogP contribution in [0.2, 0.25) is 0 Å². The van der Waals surface area contributed by atoms with Gasteiger partial charge in [-0.2, -0.15) is 0 Å². The van der Waals surface area contributed by atoms with E-state index in [1.807, 2.05) is 25.1 Å². The number of nitrogens with one attached hydrogen (secondary N) is 1. The van der Waals surface area contributed by atoms with Crippen molar-refractivity contribution in [2.24, 2.45) is 0 Å². The van der Waals surface area contributed by atoms with E-state index in [1.54, 1.807) is 7.11 Å². The number of aryl methyl sites for hydroxylation is 1. The third-order valence-electron chi connectivity index (χ3n) is 2.61. The van der Waals surface area contributed by atoms with Crippen LogP contribution in [0.3, 0.4) is 0 Å². The number of carbonyl (C=O) groups is 1. The molecule has 0 aliphatic carbocycles. The van der Waals surface area contributed by atoms with E-state index in [9.17, 15) is 9.90 Å². The number of benzene rings is 1. The molecule has 1 aromatic rings. The van der Waals surface area contributed by atoms with Crippen molar-refractivity contribution in [2.45, 2.75) is 25.9 Å². The van der Waals surface area contributed by atoms with Crippen LogP contribution in [0.15, 0.2) is 18.2 Å². The molecule has 1 rings (SSSR count). The summed E-state index contributed by atoms with van der Waals surface area (Å²) in [5.74, 6) is -0.340. The zero-order chi connectivity index (χ0) is 13.5. The van der Waals surface area contributed by atoms with Crippen molar-refractivity contribution in [1.29, 1.82) is 0 Å². The van der Waals surface area contributed by atoms with E-state index in [2.05, 4.69) is 5.32 Å². The molecular formula is C13H19NO4. The topological polar surface area (TPSA) is 78.8 Å². The Hall–Kier alpha value is -1.75. The number of hydrogen-bond donors (Lipinski definition) is 3. The second-order valence-corrected chi connectivity index (χ2v) is 4.02. The molecule has 0 saturated carbocycles. The van der Waals surface area contributed by atoms with Gasteiger partial charge in [0.2, 0.25) is 0 Å². The molecule has 0 aliphatic heterocycles. The highest BCUT2D eigenvalue weighted by Crippen LogP contribution is 2.25.